The minimum atomic E-state index is -0.591. The number of ether oxygens (including phenoxy) is 1. The molecule has 1 unspecified atom stereocenters. The highest BCUT2D eigenvalue weighted by Gasteiger charge is 2.12. The molecule has 0 aliphatic carbocycles. The van der Waals surface area contributed by atoms with Gasteiger partial charge < -0.3 is 15.2 Å². The molecule has 2 rings (SSSR count). The van der Waals surface area contributed by atoms with Crippen LogP contribution in [0.5, 0.6) is 0 Å². The first-order valence-corrected chi connectivity index (χ1v) is 7.79. The zero-order valence-electron chi connectivity index (χ0n) is 13.0. The number of methoxy groups -OCH3 is 1. The third-order valence-corrected chi connectivity index (χ3v) is 3.77. The highest BCUT2D eigenvalue weighted by molar-refractivity contribution is 6.34. The Balaban J connectivity index is 2.05. The number of hydrogen-bond donors (Lipinski definition) is 2. The molecule has 1 amide bonds. The lowest BCUT2D eigenvalue weighted by atomic mass is 10.0. The van der Waals surface area contributed by atoms with E-state index < -0.39 is 6.10 Å². The first-order chi connectivity index (χ1) is 11.1. The van der Waals surface area contributed by atoms with Crippen molar-refractivity contribution in [2.75, 3.05) is 20.3 Å². The maximum absolute atomic E-state index is 12.3. The van der Waals surface area contributed by atoms with Gasteiger partial charge in [-0.25, -0.2) is 0 Å². The van der Waals surface area contributed by atoms with Crippen LogP contribution < -0.4 is 5.32 Å². The predicted molar refractivity (Wildman–Crippen MR) is 91.7 cm³/mol. The minimum absolute atomic E-state index is 0.250. The average Bonchev–Trinajstić information content (AvgIpc) is 2.56. The topological polar surface area (TPSA) is 58.6 Å². The van der Waals surface area contributed by atoms with Crippen LogP contribution in [-0.2, 0) is 4.74 Å². The van der Waals surface area contributed by atoms with Gasteiger partial charge in [0.15, 0.2) is 0 Å². The number of hydrogen-bond acceptors (Lipinski definition) is 3. The number of carbonyl (C=O) groups excluding carboxylic acids is 1. The van der Waals surface area contributed by atoms with Gasteiger partial charge in [0.2, 0.25) is 0 Å². The molecule has 122 valence electrons. The van der Waals surface area contributed by atoms with Crippen molar-refractivity contribution in [3.63, 3.8) is 0 Å². The fourth-order valence-corrected chi connectivity index (χ4v) is 2.44. The average molecular weight is 334 g/mol. The lowest BCUT2D eigenvalue weighted by Crippen LogP contribution is -2.28. The number of aliphatic hydroxyl groups excluding tert-OH is 1. The van der Waals surface area contributed by atoms with E-state index in [4.69, 9.17) is 16.3 Å². The molecule has 1 atom stereocenters. The van der Waals surface area contributed by atoms with Crippen molar-refractivity contribution in [2.24, 2.45) is 0 Å². The van der Waals surface area contributed by atoms with Gasteiger partial charge in [0.1, 0.15) is 0 Å². The number of aliphatic hydroxyl groups is 1. The summed E-state index contributed by atoms with van der Waals surface area (Å²) in [5, 5.41) is 12.7. The first kappa shape index (κ1) is 17.5. The molecule has 0 fully saturated rings. The Morgan fingerprint density at radius 2 is 1.96 bits per heavy atom. The number of halogens is 1. The Hall–Kier alpha value is -1.88. The molecule has 0 aliphatic rings. The molecule has 0 heterocycles. The summed E-state index contributed by atoms with van der Waals surface area (Å²) in [4.78, 5) is 12.3. The smallest absolute Gasteiger partial charge is 0.252 e. The second-order valence-electron chi connectivity index (χ2n) is 5.21. The van der Waals surface area contributed by atoms with Crippen LogP contribution in [0.3, 0.4) is 0 Å². The molecular weight excluding hydrogens is 314 g/mol. The van der Waals surface area contributed by atoms with Gasteiger partial charge in [-0.1, -0.05) is 48.0 Å². The summed E-state index contributed by atoms with van der Waals surface area (Å²) in [7, 11) is 1.52. The number of benzene rings is 2. The van der Waals surface area contributed by atoms with Crippen LogP contribution in [0.15, 0.2) is 48.5 Å². The van der Waals surface area contributed by atoms with E-state index in [1.807, 2.05) is 36.4 Å². The number of nitrogens with one attached hydrogen (secondary N) is 1. The summed E-state index contributed by atoms with van der Waals surface area (Å²) in [5.41, 5.74) is 2.38. The Kier molecular flexibility index (Phi) is 6.59. The normalized spacial score (nSPS) is 12.0. The van der Waals surface area contributed by atoms with Gasteiger partial charge in [-0.05, 0) is 29.7 Å². The van der Waals surface area contributed by atoms with Crippen molar-refractivity contribution in [2.45, 2.75) is 12.5 Å². The van der Waals surface area contributed by atoms with E-state index in [0.29, 0.717) is 23.6 Å². The van der Waals surface area contributed by atoms with Gasteiger partial charge in [0.05, 0.1) is 23.3 Å². The van der Waals surface area contributed by atoms with Crippen LogP contribution in [0.1, 0.15) is 16.8 Å². The van der Waals surface area contributed by atoms with Crippen molar-refractivity contribution in [3.05, 3.63) is 59.1 Å². The number of carbonyl (C=O) groups is 1. The van der Waals surface area contributed by atoms with Crippen molar-refractivity contribution in [3.8, 4) is 11.1 Å². The van der Waals surface area contributed by atoms with Gasteiger partial charge in [-0.15, -0.1) is 0 Å². The van der Waals surface area contributed by atoms with E-state index >= 15 is 0 Å². The quantitative estimate of drug-likeness (QED) is 0.818. The van der Waals surface area contributed by atoms with E-state index in [2.05, 4.69) is 5.32 Å². The monoisotopic (exact) mass is 333 g/mol. The van der Waals surface area contributed by atoms with E-state index in [1.165, 1.54) is 7.11 Å². The third kappa shape index (κ3) is 5.06. The number of rotatable bonds is 7. The minimum Gasteiger partial charge on any atom is -0.391 e. The Bertz CT molecular complexity index is 646. The fraction of sp³-hybridized carbons (Fsp3) is 0.278. The molecular formula is C18H20ClNO3. The molecule has 23 heavy (non-hydrogen) atoms. The maximum atomic E-state index is 12.3. The van der Waals surface area contributed by atoms with Crippen molar-refractivity contribution in [1.82, 2.24) is 5.32 Å². The van der Waals surface area contributed by atoms with Gasteiger partial charge in [-0.2, -0.15) is 0 Å². The second kappa shape index (κ2) is 8.67. The SMILES string of the molecule is COCC(O)CCNC(=O)c1cc(-c2ccccc2)ccc1Cl. The van der Waals surface area contributed by atoms with Gasteiger partial charge in [0, 0.05) is 13.7 Å². The van der Waals surface area contributed by atoms with Gasteiger partial charge in [0.25, 0.3) is 5.91 Å². The summed E-state index contributed by atoms with van der Waals surface area (Å²) in [6.45, 7) is 0.607. The summed E-state index contributed by atoms with van der Waals surface area (Å²) in [5.74, 6) is -0.252. The molecule has 5 heteroatoms. The molecule has 0 bridgehead atoms. The molecule has 0 aliphatic heterocycles. The van der Waals surface area contributed by atoms with Crippen LogP contribution in [0.25, 0.3) is 11.1 Å². The number of amides is 1. The zero-order chi connectivity index (χ0) is 16.7. The van der Waals surface area contributed by atoms with Crippen molar-refractivity contribution < 1.29 is 14.6 Å². The summed E-state index contributed by atoms with van der Waals surface area (Å²) >= 11 is 6.14. The molecule has 4 nitrogen and oxygen atoms in total. The Morgan fingerprint density at radius 1 is 1.22 bits per heavy atom. The van der Waals surface area contributed by atoms with Crippen LogP contribution in [0.2, 0.25) is 5.02 Å². The molecule has 0 saturated heterocycles. The van der Waals surface area contributed by atoms with Crippen LogP contribution in [0.4, 0.5) is 0 Å². The molecule has 2 aromatic carbocycles. The maximum Gasteiger partial charge on any atom is 0.252 e. The van der Waals surface area contributed by atoms with Crippen LogP contribution in [-0.4, -0.2) is 37.4 Å². The summed E-state index contributed by atoms with van der Waals surface area (Å²) in [6, 6.07) is 15.2. The molecule has 0 radical (unpaired) electrons. The first-order valence-electron chi connectivity index (χ1n) is 7.42. The molecule has 2 aromatic rings. The van der Waals surface area contributed by atoms with E-state index in [0.717, 1.165) is 11.1 Å². The Labute approximate surface area is 141 Å². The summed E-state index contributed by atoms with van der Waals surface area (Å²) < 4.78 is 4.85. The van der Waals surface area contributed by atoms with Crippen molar-refractivity contribution in [1.29, 1.82) is 0 Å². The lowest BCUT2D eigenvalue weighted by molar-refractivity contribution is 0.0587. The Morgan fingerprint density at radius 3 is 2.65 bits per heavy atom. The lowest BCUT2D eigenvalue weighted by Gasteiger charge is -2.11. The largest absolute Gasteiger partial charge is 0.391 e. The predicted octanol–water partition coefficient (Wildman–Crippen LogP) is 3.13. The van der Waals surface area contributed by atoms with Gasteiger partial charge >= 0.3 is 0 Å². The van der Waals surface area contributed by atoms with Gasteiger partial charge in [-0.3, -0.25) is 4.79 Å². The fourth-order valence-electron chi connectivity index (χ4n) is 2.23. The standard InChI is InChI=1S/C18H20ClNO3/c1-23-12-15(21)9-10-20-18(22)16-11-14(7-8-17(16)19)13-5-3-2-4-6-13/h2-8,11,15,21H,9-10,12H2,1H3,(H,20,22). The van der Waals surface area contributed by atoms with E-state index in [9.17, 15) is 9.90 Å². The van der Waals surface area contributed by atoms with Crippen LogP contribution in [0, 0.1) is 0 Å². The summed E-state index contributed by atoms with van der Waals surface area (Å²) in [6.07, 6.45) is -0.165. The zero-order valence-corrected chi connectivity index (χ0v) is 13.7. The van der Waals surface area contributed by atoms with Crippen LogP contribution >= 0.6 is 11.6 Å². The molecule has 2 N–H and O–H groups in total. The van der Waals surface area contributed by atoms with Crippen molar-refractivity contribution >= 4 is 17.5 Å². The molecule has 0 aromatic heterocycles. The second-order valence-corrected chi connectivity index (χ2v) is 5.62. The third-order valence-electron chi connectivity index (χ3n) is 3.44. The van der Waals surface area contributed by atoms with E-state index in [-0.39, 0.29) is 12.5 Å². The highest BCUT2D eigenvalue weighted by Crippen LogP contribution is 2.25. The molecule has 0 spiro atoms. The molecule has 0 saturated carbocycles. The van der Waals surface area contributed by atoms with E-state index in [1.54, 1.807) is 12.1 Å². The highest BCUT2D eigenvalue weighted by atomic mass is 35.5.